The highest BCUT2D eigenvalue weighted by molar-refractivity contribution is 6.12. The first-order valence-corrected chi connectivity index (χ1v) is 9.83. The van der Waals surface area contributed by atoms with Gasteiger partial charge in [-0.2, -0.15) is 13.2 Å². The van der Waals surface area contributed by atoms with Gasteiger partial charge in [-0.25, -0.2) is 4.39 Å². The van der Waals surface area contributed by atoms with E-state index in [0.717, 1.165) is 18.9 Å². The number of carbonyl (C=O) groups excluding carboxylic acids is 1. The Bertz CT molecular complexity index is 994. The molecule has 0 saturated carbocycles. The van der Waals surface area contributed by atoms with E-state index in [-0.39, 0.29) is 16.9 Å². The zero-order valence-electron chi connectivity index (χ0n) is 16.3. The molecule has 2 aliphatic rings. The van der Waals surface area contributed by atoms with E-state index >= 15 is 0 Å². The topological polar surface area (TPSA) is 44.7 Å². The van der Waals surface area contributed by atoms with Crippen molar-refractivity contribution in [1.82, 2.24) is 0 Å². The van der Waals surface area contributed by atoms with Gasteiger partial charge < -0.3 is 10.2 Å². The Morgan fingerprint density at radius 1 is 1.17 bits per heavy atom. The number of piperidine rings is 1. The lowest BCUT2D eigenvalue weighted by Crippen LogP contribution is -2.34. The maximum atomic E-state index is 14.1. The fourth-order valence-electron chi connectivity index (χ4n) is 3.96. The minimum atomic E-state index is -4.53. The van der Waals surface area contributed by atoms with Crippen LogP contribution in [0.15, 0.2) is 41.4 Å². The van der Waals surface area contributed by atoms with Crippen molar-refractivity contribution in [3.8, 4) is 0 Å². The SMILES string of the molecule is CC1CCN(c2ccc(N=CC3C(=O)Nc4cccc(F)c43)cc2C(F)(F)F)CC1. The van der Waals surface area contributed by atoms with Crippen LogP contribution in [0.25, 0.3) is 0 Å². The van der Waals surface area contributed by atoms with E-state index in [4.69, 9.17) is 0 Å². The molecular weight excluding hydrogens is 398 g/mol. The first-order valence-electron chi connectivity index (χ1n) is 9.83. The number of hydrogen-bond donors (Lipinski definition) is 1. The molecule has 0 aliphatic carbocycles. The van der Waals surface area contributed by atoms with Gasteiger partial charge in [0.2, 0.25) is 5.91 Å². The first-order chi connectivity index (χ1) is 14.2. The van der Waals surface area contributed by atoms with E-state index < -0.39 is 29.4 Å². The Morgan fingerprint density at radius 3 is 2.60 bits per heavy atom. The van der Waals surface area contributed by atoms with Crippen molar-refractivity contribution in [2.45, 2.75) is 31.9 Å². The van der Waals surface area contributed by atoms with Crippen molar-refractivity contribution in [1.29, 1.82) is 0 Å². The largest absolute Gasteiger partial charge is 0.418 e. The first kappa shape index (κ1) is 20.4. The fourth-order valence-corrected chi connectivity index (χ4v) is 3.96. The standard InChI is InChI=1S/C22H21F4N3O/c1-13-7-9-29(10-8-13)19-6-5-14(11-16(19)22(24,25)26)27-12-15-20-17(23)3-2-4-18(20)28-21(15)30/h2-6,11-13,15H,7-10H2,1H3,(H,28,30). The van der Waals surface area contributed by atoms with E-state index in [0.29, 0.717) is 24.7 Å². The average molecular weight is 419 g/mol. The predicted octanol–water partition coefficient (Wildman–Crippen LogP) is 5.52. The highest BCUT2D eigenvalue weighted by Crippen LogP contribution is 2.40. The van der Waals surface area contributed by atoms with Crippen LogP contribution in [0.2, 0.25) is 0 Å². The summed E-state index contributed by atoms with van der Waals surface area (Å²) < 4.78 is 55.3. The molecule has 0 aromatic heterocycles. The van der Waals surface area contributed by atoms with Crippen LogP contribution in [-0.4, -0.2) is 25.2 Å². The van der Waals surface area contributed by atoms with Crippen molar-refractivity contribution in [2.24, 2.45) is 10.9 Å². The van der Waals surface area contributed by atoms with Crippen LogP contribution in [0, 0.1) is 11.7 Å². The molecule has 2 heterocycles. The zero-order chi connectivity index (χ0) is 21.5. The van der Waals surface area contributed by atoms with Crippen LogP contribution >= 0.6 is 0 Å². The van der Waals surface area contributed by atoms with E-state index in [1.807, 2.05) is 0 Å². The number of alkyl halides is 3. The van der Waals surface area contributed by atoms with Crippen LogP contribution in [0.1, 0.15) is 36.8 Å². The molecule has 1 atom stereocenters. The summed E-state index contributed by atoms with van der Waals surface area (Å²) in [5.41, 5.74) is -0.0463. The Balaban J connectivity index is 1.64. The molecule has 2 aromatic rings. The van der Waals surface area contributed by atoms with E-state index in [1.54, 1.807) is 11.0 Å². The smallest absolute Gasteiger partial charge is 0.371 e. The summed E-state index contributed by atoms with van der Waals surface area (Å²) in [6, 6.07) is 8.18. The molecule has 1 unspecified atom stereocenters. The molecule has 0 bridgehead atoms. The lowest BCUT2D eigenvalue weighted by Gasteiger charge is -2.33. The number of nitrogens with one attached hydrogen (secondary N) is 1. The highest BCUT2D eigenvalue weighted by atomic mass is 19.4. The van der Waals surface area contributed by atoms with E-state index in [9.17, 15) is 22.4 Å². The van der Waals surface area contributed by atoms with Crippen molar-refractivity contribution in [3.63, 3.8) is 0 Å². The lowest BCUT2D eigenvalue weighted by molar-refractivity contribution is -0.137. The predicted molar refractivity (Wildman–Crippen MR) is 108 cm³/mol. The number of halogens is 4. The van der Waals surface area contributed by atoms with E-state index in [2.05, 4.69) is 17.2 Å². The monoisotopic (exact) mass is 419 g/mol. The average Bonchev–Trinajstić information content (AvgIpc) is 3.02. The van der Waals surface area contributed by atoms with Crippen molar-refractivity contribution < 1.29 is 22.4 Å². The summed E-state index contributed by atoms with van der Waals surface area (Å²) in [6.07, 6.45) is -1.65. The van der Waals surface area contributed by atoms with Crippen molar-refractivity contribution >= 4 is 29.2 Å². The molecule has 1 amide bonds. The number of carbonyl (C=O) groups is 1. The molecule has 1 fully saturated rings. The Morgan fingerprint density at radius 2 is 1.90 bits per heavy atom. The molecule has 4 rings (SSSR count). The maximum Gasteiger partial charge on any atom is 0.418 e. The Kier molecular flexibility index (Phi) is 5.26. The van der Waals surface area contributed by atoms with Gasteiger partial charge in [-0.3, -0.25) is 9.79 Å². The van der Waals surface area contributed by atoms with Crippen LogP contribution in [-0.2, 0) is 11.0 Å². The van der Waals surface area contributed by atoms with Gasteiger partial charge in [-0.1, -0.05) is 13.0 Å². The Hall–Kier alpha value is -2.90. The van der Waals surface area contributed by atoms with Gasteiger partial charge >= 0.3 is 6.18 Å². The Labute approximate surface area is 171 Å². The third-order valence-corrected chi connectivity index (χ3v) is 5.69. The molecule has 30 heavy (non-hydrogen) atoms. The van der Waals surface area contributed by atoms with E-state index in [1.165, 1.54) is 30.5 Å². The van der Waals surface area contributed by atoms with Crippen LogP contribution in [0.5, 0.6) is 0 Å². The van der Waals surface area contributed by atoms with Gasteiger partial charge in [-0.05, 0) is 49.1 Å². The van der Waals surface area contributed by atoms with Gasteiger partial charge in [-0.15, -0.1) is 0 Å². The van der Waals surface area contributed by atoms with Crippen LogP contribution in [0.4, 0.5) is 34.6 Å². The van der Waals surface area contributed by atoms with Gasteiger partial charge in [0.1, 0.15) is 11.7 Å². The maximum absolute atomic E-state index is 14.1. The summed E-state index contributed by atoms with van der Waals surface area (Å²) in [5, 5.41) is 2.56. The zero-order valence-corrected chi connectivity index (χ0v) is 16.3. The summed E-state index contributed by atoms with van der Waals surface area (Å²) in [4.78, 5) is 18.0. The fraction of sp³-hybridized carbons (Fsp3) is 0.364. The number of anilines is 2. The number of rotatable bonds is 3. The van der Waals surface area contributed by atoms with Gasteiger partial charge in [0, 0.05) is 36.2 Å². The molecule has 1 N–H and O–H groups in total. The molecule has 4 nitrogen and oxygen atoms in total. The lowest BCUT2D eigenvalue weighted by atomic mass is 9.98. The third kappa shape index (κ3) is 3.91. The normalized spacial score (nSPS) is 20.0. The number of nitrogens with zero attached hydrogens (tertiary/aromatic N) is 2. The van der Waals surface area contributed by atoms with Gasteiger partial charge in [0.25, 0.3) is 0 Å². The molecule has 2 aliphatic heterocycles. The van der Waals surface area contributed by atoms with Gasteiger partial charge in [0.05, 0.1) is 11.3 Å². The van der Waals surface area contributed by atoms with Crippen LogP contribution < -0.4 is 10.2 Å². The second-order valence-corrected chi connectivity index (χ2v) is 7.81. The second kappa shape index (κ2) is 7.74. The highest BCUT2D eigenvalue weighted by Gasteiger charge is 2.36. The number of aliphatic imine (C=N–C) groups is 1. The molecule has 158 valence electrons. The number of fused-ring (bicyclic) bond motifs is 1. The number of benzene rings is 2. The minimum Gasteiger partial charge on any atom is -0.371 e. The number of hydrogen-bond acceptors (Lipinski definition) is 3. The summed E-state index contributed by atoms with van der Waals surface area (Å²) in [7, 11) is 0. The molecule has 1 saturated heterocycles. The number of amides is 1. The quantitative estimate of drug-likeness (QED) is 0.526. The minimum absolute atomic E-state index is 0.0639. The van der Waals surface area contributed by atoms with Crippen molar-refractivity contribution in [3.05, 3.63) is 53.3 Å². The van der Waals surface area contributed by atoms with Crippen molar-refractivity contribution in [2.75, 3.05) is 23.3 Å². The molecular formula is C22H21F4N3O. The van der Waals surface area contributed by atoms with Gasteiger partial charge in [0.15, 0.2) is 0 Å². The summed E-state index contributed by atoms with van der Waals surface area (Å²) in [5.74, 6) is -1.51. The van der Waals surface area contributed by atoms with Crippen LogP contribution in [0.3, 0.4) is 0 Å². The summed E-state index contributed by atoms with van der Waals surface area (Å²) >= 11 is 0. The molecule has 2 aromatic carbocycles. The molecule has 0 radical (unpaired) electrons. The molecule has 0 spiro atoms. The molecule has 8 heteroatoms. The third-order valence-electron chi connectivity index (χ3n) is 5.69. The summed E-state index contributed by atoms with van der Waals surface area (Å²) in [6.45, 7) is 3.25. The second-order valence-electron chi connectivity index (χ2n) is 7.81.